The number of methoxy groups -OCH3 is 1. The molecule has 1 amide bonds. The van der Waals surface area contributed by atoms with Crippen molar-refractivity contribution in [1.82, 2.24) is 9.88 Å². The molecule has 2 heterocycles. The van der Waals surface area contributed by atoms with Gasteiger partial charge in [-0.1, -0.05) is 57.2 Å². The first-order valence-corrected chi connectivity index (χ1v) is 12.9. The Morgan fingerprint density at radius 1 is 1.21 bits per heavy atom. The number of nitrogens with zero attached hydrogens (tertiary/aromatic N) is 2. The van der Waals surface area contributed by atoms with Crippen LogP contribution in [0.2, 0.25) is 0 Å². The van der Waals surface area contributed by atoms with Gasteiger partial charge in [-0.25, -0.2) is 9.78 Å². The van der Waals surface area contributed by atoms with E-state index in [9.17, 15) is 14.7 Å². The van der Waals surface area contributed by atoms with Crippen molar-refractivity contribution in [3.63, 3.8) is 0 Å². The number of thiazole rings is 1. The van der Waals surface area contributed by atoms with Crippen molar-refractivity contribution >= 4 is 35.0 Å². The molecule has 0 saturated carbocycles. The van der Waals surface area contributed by atoms with Gasteiger partial charge in [0, 0.05) is 29.3 Å². The van der Waals surface area contributed by atoms with Crippen molar-refractivity contribution in [3.8, 4) is 5.75 Å². The number of benzene rings is 2. The summed E-state index contributed by atoms with van der Waals surface area (Å²) in [5, 5.41) is 12.6. The summed E-state index contributed by atoms with van der Waals surface area (Å²) in [5.41, 5.74) is 0.664. The Kier molecular flexibility index (Phi) is 6.73. The lowest BCUT2D eigenvalue weighted by Gasteiger charge is -2.37. The minimum atomic E-state index is -1.41. The molecule has 2 atom stereocenters. The summed E-state index contributed by atoms with van der Waals surface area (Å²) < 4.78 is 5.62. The zero-order chi connectivity index (χ0) is 24.5. The monoisotopic (exact) mass is 496 g/mol. The highest BCUT2D eigenvalue weighted by atomic mass is 32.2. The van der Waals surface area contributed by atoms with Gasteiger partial charge in [-0.3, -0.25) is 4.79 Å². The molecule has 0 radical (unpaired) electrons. The van der Waals surface area contributed by atoms with Crippen LogP contribution in [0.1, 0.15) is 52.6 Å². The largest absolute Gasteiger partial charge is 0.496 e. The number of ether oxygens (including phenoxy) is 1. The van der Waals surface area contributed by atoms with Crippen LogP contribution in [0, 0.1) is 0 Å². The number of aromatic nitrogens is 1. The van der Waals surface area contributed by atoms with Crippen molar-refractivity contribution in [2.45, 2.75) is 43.5 Å². The molecule has 0 spiro atoms. The standard InChI is InChI=1S/C26H28N2O4S2/c1-25(2,3)19-11-10-18(14-20(19)32-4)22(29)28-23(21-27-12-13-33-21)34-16-26(28,24(30)31)15-17-8-6-5-7-9-17/h5-14,23H,15-16H2,1-4H3,(H,30,31). The number of hydrogen-bond donors (Lipinski definition) is 1. The number of hydrogen-bond acceptors (Lipinski definition) is 6. The molecule has 34 heavy (non-hydrogen) atoms. The number of rotatable bonds is 6. The third-order valence-corrected chi connectivity index (χ3v) is 8.42. The summed E-state index contributed by atoms with van der Waals surface area (Å²) in [6.45, 7) is 6.24. The van der Waals surface area contributed by atoms with Crippen LogP contribution in [0.25, 0.3) is 0 Å². The Morgan fingerprint density at radius 2 is 1.94 bits per heavy atom. The number of carbonyl (C=O) groups is 2. The predicted molar refractivity (Wildman–Crippen MR) is 136 cm³/mol. The molecule has 0 bridgehead atoms. The first-order chi connectivity index (χ1) is 16.2. The van der Waals surface area contributed by atoms with Crippen molar-refractivity contribution in [3.05, 3.63) is 81.8 Å². The molecule has 1 aromatic heterocycles. The van der Waals surface area contributed by atoms with E-state index in [1.54, 1.807) is 25.4 Å². The van der Waals surface area contributed by atoms with Crippen LogP contribution in [0.4, 0.5) is 0 Å². The second kappa shape index (κ2) is 9.43. The van der Waals surface area contributed by atoms with Crippen molar-refractivity contribution < 1.29 is 19.4 Å². The van der Waals surface area contributed by atoms with E-state index in [0.717, 1.165) is 11.1 Å². The quantitative estimate of drug-likeness (QED) is 0.492. The topological polar surface area (TPSA) is 79.7 Å². The molecule has 2 unspecified atom stereocenters. The molecule has 4 rings (SSSR count). The van der Waals surface area contributed by atoms with Crippen LogP contribution in [0.3, 0.4) is 0 Å². The summed E-state index contributed by atoms with van der Waals surface area (Å²) in [5.74, 6) is -0.485. The normalized spacial score (nSPS) is 20.4. The van der Waals surface area contributed by atoms with E-state index in [4.69, 9.17) is 4.74 Å². The SMILES string of the molecule is COc1cc(C(=O)N2C(c3nccs3)SCC2(Cc2ccccc2)C(=O)O)ccc1C(C)(C)C. The van der Waals surface area contributed by atoms with E-state index in [1.165, 1.54) is 28.0 Å². The van der Waals surface area contributed by atoms with Gasteiger partial charge in [0.05, 0.1) is 7.11 Å². The van der Waals surface area contributed by atoms with Gasteiger partial charge >= 0.3 is 5.97 Å². The maximum atomic E-state index is 14.1. The molecule has 2 aromatic carbocycles. The van der Waals surface area contributed by atoms with Crippen molar-refractivity contribution in [2.75, 3.05) is 12.9 Å². The third kappa shape index (κ3) is 4.44. The number of amides is 1. The van der Waals surface area contributed by atoms with Gasteiger partial charge in [-0.05, 0) is 28.7 Å². The summed E-state index contributed by atoms with van der Waals surface area (Å²) in [6.07, 6.45) is 1.89. The summed E-state index contributed by atoms with van der Waals surface area (Å²) in [6, 6.07) is 14.8. The van der Waals surface area contributed by atoms with Gasteiger partial charge in [-0.15, -0.1) is 23.1 Å². The predicted octanol–water partition coefficient (Wildman–Crippen LogP) is 5.40. The molecule has 1 N–H and O–H groups in total. The van der Waals surface area contributed by atoms with Gasteiger partial charge in [0.25, 0.3) is 5.91 Å². The van der Waals surface area contributed by atoms with Crippen LogP contribution >= 0.6 is 23.1 Å². The second-order valence-corrected chi connectivity index (χ2v) is 11.4. The smallest absolute Gasteiger partial charge is 0.330 e. The van der Waals surface area contributed by atoms with Crippen LogP contribution in [0.15, 0.2) is 60.1 Å². The van der Waals surface area contributed by atoms with E-state index in [0.29, 0.717) is 16.3 Å². The highest BCUT2D eigenvalue weighted by Gasteiger charge is 2.56. The maximum absolute atomic E-state index is 14.1. The highest BCUT2D eigenvalue weighted by Crippen LogP contribution is 2.49. The lowest BCUT2D eigenvalue weighted by molar-refractivity contribution is -0.148. The molecule has 6 nitrogen and oxygen atoms in total. The zero-order valence-electron chi connectivity index (χ0n) is 19.6. The van der Waals surface area contributed by atoms with Crippen molar-refractivity contribution in [2.24, 2.45) is 0 Å². The molecule has 178 valence electrons. The Morgan fingerprint density at radius 3 is 2.53 bits per heavy atom. The van der Waals surface area contributed by atoms with E-state index in [2.05, 4.69) is 25.8 Å². The average Bonchev–Trinajstić information content (AvgIpc) is 3.47. The molecule has 0 aliphatic carbocycles. The van der Waals surface area contributed by atoms with E-state index >= 15 is 0 Å². The first kappa shape index (κ1) is 24.3. The van der Waals surface area contributed by atoms with Crippen molar-refractivity contribution in [1.29, 1.82) is 0 Å². The molecule has 1 saturated heterocycles. The number of aliphatic carboxylic acids is 1. The Hall–Kier alpha value is -2.84. The third-order valence-electron chi connectivity index (χ3n) is 6.05. The van der Waals surface area contributed by atoms with E-state index in [1.807, 2.05) is 41.8 Å². The molecule has 1 aliphatic rings. The Bertz CT molecular complexity index is 1180. The molecule has 3 aromatic rings. The number of carboxylic acid groups (broad SMARTS) is 1. The van der Waals surface area contributed by atoms with E-state index < -0.39 is 16.9 Å². The molecule has 8 heteroatoms. The molecular formula is C26H28N2O4S2. The highest BCUT2D eigenvalue weighted by molar-refractivity contribution is 8.00. The Labute approximate surface area is 208 Å². The summed E-state index contributed by atoms with van der Waals surface area (Å²) in [7, 11) is 1.58. The fourth-order valence-electron chi connectivity index (χ4n) is 4.32. The minimum absolute atomic E-state index is 0.169. The van der Waals surface area contributed by atoms with Crippen LogP contribution < -0.4 is 4.74 Å². The van der Waals surface area contributed by atoms with Crippen LogP contribution in [0.5, 0.6) is 5.75 Å². The number of thioether (sulfide) groups is 1. The van der Waals surface area contributed by atoms with Gasteiger partial charge < -0.3 is 14.7 Å². The van der Waals surface area contributed by atoms with Crippen LogP contribution in [-0.2, 0) is 16.6 Å². The second-order valence-electron chi connectivity index (χ2n) is 9.37. The maximum Gasteiger partial charge on any atom is 0.330 e. The van der Waals surface area contributed by atoms with Gasteiger partial charge in [-0.2, -0.15) is 0 Å². The summed E-state index contributed by atoms with van der Waals surface area (Å²) >= 11 is 2.87. The molecule has 1 fully saturated rings. The first-order valence-electron chi connectivity index (χ1n) is 11.0. The summed E-state index contributed by atoms with van der Waals surface area (Å²) in [4.78, 5) is 32.9. The van der Waals surface area contributed by atoms with Gasteiger partial charge in [0.1, 0.15) is 16.1 Å². The zero-order valence-corrected chi connectivity index (χ0v) is 21.3. The number of carboxylic acids is 1. The van der Waals surface area contributed by atoms with Crippen LogP contribution in [-0.4, -0.2) is 45.3 Å². The van der Waals surface area contributed by atoms with Gasteiger partial charge in [0.2, 0.25) is 0 Å². The average molecular weight is 497 g/mol. The fourth-order valence-corrected chi connectivity index (χ4v) is 6.74. The number of carbonyl (C=O) groups excluding carboxylic acids is 1. The Balaban J connectivity index is 1.82. The minimum Gasteiger partial charge on any atom is -0.496 e. The lowest BCUT2D eigenvalue weighted by atomic mass is 9.85. The van der Waals surface area contributed by atoms with E-state index in [-0.39, 0.29) is 23.5 Å². The fraction of sp³-hybridized carbons (Fsp3) is 0.346. The molecular weight excluding hydrogens is 468 g/mol. The molecule has 1 aliphatic heterocycles. The lowest BCUT2D eigenvalue weighted by Crippen LogP contribution is -2.57. The van der Waals surface area contributed by atoms with Gasteiger partial charge in [0.15, 0.2) is 5.54 Å².